The van der Waals surface area contributed by atoms with Crippen molar-refractivity contribution in [3.8, 4) is 11.6 Å². The average molecular weight is 395 g/mol. The molecule has 9 heteroatoms. The number of aryl methyl sites for hydroxylation is 1. The monoisotopic (exact) mass is 395 g/mol. The number of hydrogen-bond acceptors (Lipinski definition) is 4. The predicted octanol–water partition coefficient (Wildman–Crippen LogP) is 3.65. The van der Waals surface area contributed by atoms with Gasteiger partial charge in [-0.2, -0.15) is 13.2 Å². The first-order chi connectivity index (χ1) is 13.3. The molecule has 3 rings (SSSR count). The van der Waals surface area contributed by atoms with Crippen LogP contribution in [0, 0.1) is 6.92 Å². The van der Waals surface area contributed by atoms with Gasteiger partial charge in [-0.3, -0.25) is 0 Å². The first kappa shape index (κ1) is 19.8. The maximum Gasteiger partial charge on any atom is 0.422 e. The van der Waals surface area contributed by atoms with Gasteiger partial charge in [0, 0.05) is 30.8 Å². The van der Waals surface area contributed by atoms with Crippen LogP contribution in [0.4, 0.5) is 18.0 Å². The van der Waals surface area contributed by atoms with Crippen LogP contribution >= 0.6 is 0 Å². The number of alkyl halides is 3. The number of pyridine rings is 1. The van der Waals surface area contributed by atoms with Crippen LogP contribution in [-0.2, 0) is 6.54 Å². The predicted molar refractivity (Wildman–Crippen MR) is 95.2 cm³/mol. The Labute approximate surface area is 160 Å². The Hall–Kier alpha value is -2.97. The standard InChI is InChI=1S/C19H20F3N3O3/c1-12-3-2-4-14-15(6-8-27-17(12)14)25-18(26)24-10-13-5-7-23-16(9-13)28-11-19(20,21)22/h2-5,7,9,15H,6,8,10-11H2,1H3,(H2,24,25,26). The second-order valence-corrected chi connectivity index (χ2v) is 6.42. The Bertz CT molecular complexity index is 843. The second-order valence-electron chi connectivity index (χ2n) is 6.42. The molecule has 0 spiro atoms. The Balaban J connectivity index is 1.55. The van der Waals surface area contributed by atoms with Crippen molar-refractivity contribution in [3.63, 3.8) is 0 Å². The quantitative estimate of drug-likeness (QED) is 0.811. The SMILES string of the molecule is Cc1cccc2c1OCCC2NC(=O)NCc1ccnc(OCC(F)(F)F)c1. The molecule has 2 aromatic rings. The van der Waals surface area contributed by atoms with E-state index in [9.17, 15) is 18.0 Å². The van der Waals surface area contributed by atoms with Gasteiger partial charge in [-0.15, -0.1) is 0 Å². The first-order valence-corrected chi connectivity index (χ1v) is 8.73. The fourth-order valence-electron chi connectivity index (χ4n) is 2.92. The number of amides is 2. The normalized spacial score (nSPS) is 15.9. The number of carbonyl (C=O) groups excluding carboxylic acids is 1. The van der Waals surface area contributed by atoms with Crippen LogP contribution < -0.4 is 20.1 Å². The van der Waals surface area contributed by atoms with Crippen molar-refractivity contribution < 1.29 is 27.4 Å². The zero-order chi connectivity index (χ0) is 20.1. The van der Waals surface area contributed by atoms with Gasteiger partial charge in [0.15, 0.2) is 6.61 Å². The van der Waals surface area contributed by atoms with E-state index < -0.39 is 12.8 Å². The van der Waals surface area contributed by atoms with E-state index in [2.05, 4.69) is 20.4 Å². The zero-order valence-electron chi connectivity index (χ0n) is 15.2. The first-order valence-electron chi connectivity index (χ1n) is 8.73. The number of para-hydroxylation sites is 1. The number of carbonyl (C=O) groups is 1. The number of ether oxygens (including phenoxy) is 2. The maximum atomic E-state index is 12.3. The summed E-state index contributed by atoms with van der Waals surface area (Å²) in [4.78, 5) is 16.0. The Morgan fingerprint density at radius 3 is 2.96 bits per heavy atom. The van der Waals surface area contributed by atoms with Crippen LogP contribution in [0.2, 0.25) is 0 Å². The highest BCUT2D eigenvalue weighted by Crippen LogP contribution is 2.34. The number of nitrogens with one attached hydrogen (secondary N) is 2. The minimum Gasteiger partial charge on any atom is -0.493 e. The highest BCUT2D eigenvalue weighted by molar-refractivity contribution is 5.74. The fraction of sp³-hybridized carbons (Fsp3) is 0.368. The van der Waals surface area contributed by atoms with Crippen molar-refractivity contribution in [1.29, 1.82) is 0 Å². The molecule has 0 fully saturated rings. The number of nitrogens with zero attached hydrogens (tertiary/aromatic N) is 1. The third-order valence-electron chi connectivity index (χ3n) is 4.21. The van der Waals surface area contributed by atoms with Crippen molar-refractivity contribution in [2.24, 2.45) is 0 Å². The molecule has 150 valence electrons. The third kappa shape index (κ3) is 5.28. The molecule has 0 aliphatic carbocycles. The minimum absolute atomic E-state index is 0.126. The number of benzene rings is 1. The van der Waals surface area contributed by atoms with E-state index >= 15 is 0 Å². The van der Waals surface area contributed by atoms with Crippen molar-refractivity contribution in [3.05, 3.63) is 53.2 Å². The molecule has 1 aromatic carbocycles. The molecule has 1 aliphatic rings. The van der Waals surface area contributed by atoms with Crippen LogP contribution in [0.1, 0.15) is 29.2 Å². The lowest BCUT2D eigenvalue weighted by Gasteiger charge is -2.27. The summed E-state index contributed by atoms with van der Waals surface area (Å²) in [5, 5.41) is 5.60. The number of rotatable bonds is 5. The second kappa shape index (κ2) is 8.37. The van der Waals surface area contributed by atoms with Crippen molar-refractivity contribution in [2.45, 2.75) is 32.1 Å². The van der Waals surface area contributed by atoms with Gasteiger partial charge in [0.05, 0.1) is 12.6 Å². The van der Waals surface area contributed by atoms with Crippen molar-refractivity contribution in [2.75, 3.05) is 13.2 Å². The molecule has 2 amide bonds. The molecule has 0 saturated heterocycles. The van der Waals surface area contributed by atoms with E-state index in [-0.39, 0.29) is 24.5 Å². The van der Waals surface area contributed by atoms with Crippen LogP contribution in [-0.4, -0.2) is 30.4 Å². The lowest BCUT2D eigenvalue weighted by atomic mass is 9.98. The Kier molecular flexibility index (Phi) is 5.91. The fourth-order valence-corrected chi connectivity index (χ4v) is 2.92. The summed E-state index contributed by atoms with van der Waals surface area (Å²) in [6.07, 6.45) is -2.46. The average Bonchev–Trinajstić information content (AvgIpc) is 2.65. The third-order valence-corrected chi connectivity index (χ3v) is 4.21. The number of fused-ring (bicyclic) bond motifs is 1. The summed E-state index contributed by atoms with van der Waals surface area (Å²) in [5.41, 5.74) is 2.51. The topological polar surface area (TPSA) is 72.5 Å². The van der Waals surface area contributed by atoms with Gasteiger partial charge >= 0.3 is 12.2 Å². The highest BCUT2D eigenvalue weighted by atomic mass is 19.4. The van der Waals surface area contributed by atoms with Gasteiger partial charge in [0.2, 0.25) is 5.88 Å². The number of urea groups is 1. The summed E-state index contributed by atoms with van der Waals surface area (Å²) in [5.74, 6) is 0.644. The van der Waals surface area contributed by atoms with Gasteiger partial charge < -0.3 is 20.1 Å². The van der Waals surface area contributed by atoms with Crippen molar-refractivity contribution >= 4 is 6.03 Å². The summed E-state index contributed by atoms with van der Waals surface area (Å²) < 4.78 is 47.0. The van der Waals surface area contributed by atoms with Crippen LogP contribution in [0.15, 0.2) is 36.5 Å². The maximum absolute atomic E-state index is 12.3. The smallest absolute Gasteiger partial charge is 0.422 e. The molecular weight excluding hydrogens is 375 g/mol. The van der Waals surface area contributed by atoms with Gasteiger partial charge in [-0.1, -0.05) is 18.2 Å². The van der Waals surface area contributed by atoms with Crippen molar-refractivity contribution in [1.82, 2.24) is 15.6 Å². The Morgan fingerprint density at radius 2 is 2.18 bits per heavy atom. The van der Waals surface area contributed by atoms with E-state index in [0.717, 1.165) is 16.9 Å². The van der Waals surface area contributed by atoms with Gasteiger partial charge in [0.25, 0.3) is 0 Å². The van der Waals surface area contributed by atoms with Crippen LogP contribution in [0.5, 0.6) is 11.6 Å². The molecular formula is C19H20F3N3O3. The molecule has 1 unspecified atom stereocenters. The lowest BCUT2D eigenvalue weighted by Crippen LogP contribution is -2.39. The zero-order valence-corrected chi connectivity index (χ0v) is 15.2. The molecule has 2 N–H and O–H groups in total. The number of aromatic nitrogens is 1. The highest BCUT2D eigenvalue weighted by Gasteiger charge is 2.28. The molecule has 0 radical (unpaired) electrons. The molecule has 28 heavy (non-hydrogen) atoms. The largest absolute Gasteiger partial charge is 0.493 e. The van der Waals surface area contributed by atoms with Crippen LogP contribution in [0.25, 0.3) is 0 Å². The number of halogens is 3. The van der Waals surface area contributed by atoms with Gasteiger partial charge in [-0.25, -0.2) is 9.78 Å². The summed E-state index contributed by atoms with van der Waals surface area (Å²) in [6.45, 7) is 1.16. The van der Waals surface area contributed by atoms with Crippen LogP contribution in [0.3, 0.4) is 0 Å². The minimum atomic E-state index is -4.44. The van der Waals surface area contributed by atoms with E-state index in [1.807, 2.05) is 25.1 Å². The van der Waals surface area contributed by atoms with E-state index in [4.69, 9.17) is 4.74 Å². The molecule has 1 atom stereocenters. The summed E-state index contributed by atoms with van der Waals surface area (Å²) in [7, 11) is 0. The summed E-state index contributed by atoms with van der Waals surface area (Å²) >= 11 is 0. The molecule has 1 aliphatic heterocycles. The van der Waals surface area contributed by atoms with Gasteiger partial charge in [0.1, 0.15) is 5.75 Å². The van der Waals surface area contributed by atoms with E-state index in [0.29, 0.717) is 18.6 Å². The molecule has 0 saturated carbocycles. The lowest BCUT2D eigenvalue weighted by molar-refractivity contribution is -0.154. The molecule has 1 aromatic heterocycles. The molecule has 2 heterocycles. The Morgan fingerprint density at radius 1 is 1.36 bits per heavy atom. The van der Waals surface area contributed by atoms with E-state index in [1.54, 1.807) is 6.07 Å². The number of hydrogen-bond donors (Lipinski definition) is 2. The molecule has 6 nitrogen and oxygen atoms in total. The van der Waals surface area contributed by atoms with Gasteiger partial charge in [-0.05, 0) is 24.1 Å². The summed E-state index contributed by atoms with van der Waals surface area (Å²) in [6, 6.07) is 8.17. The van der Waals surface area contributed by atoms with E-state index in [1.165, 1.54) is 12.3 Å². The molecule has 0 bridgehead atoms.